The van der Waals surface area contributed by atoms with E-state index in [1.54, 1.807) is 0 Å². The Morgan fingerprint density at radius 3 is 1.18 bits per heavy atom. The number of furan rings is 1. The van der Waals surface area contributed by atoms with Crippen LogP contribution in [0, 0.1) is 0 Å². The van der Waals surface area contributed by atoms with Crippen LogP contribution >= 0.6 is 0 Å². The van der Waals surface area contributed by atoms with Gasteiger partial charge in [0.2, 0.25) is 0 Å². The largest absolute Gasteiger partial charge is 0.455 e. The van der Waals surface area contributed by atoms with Crippen LogP contribution in [0.25, 0.3) is 88.7 Å². The summed E-state index contributed by atoms with van der Waals surface area (Å²) in [5, 5.41) is 2.27. The van der Waals surface area contributed by atoms with Gasteiger partial charge < -0.3 is 9.32 Å². The molecule has 0 saturated carbocycles. The molecule has 0 saturated heterocycles. The van der Waals surface area contributed by atoms with Crippen LogP contribution < -0.4 is 4.90 Å². The van der Waals surface area contributed by atoms with Crippen LogP contribution in [-0.2, 0) is 0 Å². The van der Waals surface area contributed by atoms with Crippen LogP contribution in [0.4, 0.5) is 17.1 Å². The van der Waals surface area contributed by atoms with Gasteiger partial charge in [0.1, 0.15) is 11.2 Å². The number of benzene rings is 10. The summed E-state index contributed by atoms with van der Waals surface area (Å²) in [6, 6.07) is 89.0. The maximum absolute atomic E-state index is 6.45. The number of para-hydroxylation sites is 2. The third kappa shape index (κ3) is 7.14. The van der Waals surface area contributed by atoms with Crippen LogP contribution in [0.3, 0.4) is 0 Å². The lowest BCUT2D eigenvalue weighted by Crippen LogP contribution is -2.10. The average molecular weight is 792 g/mol. The fourth-order valence-electron chi connectivity index (χ4n) is 8.69. The molecule has 0 fully saturated rings. The Hall–Kier alpha value is -8.20. The minimum absolute atomic E-state index is 0.905. The van der Waals surface area contributed by atoms with Crippen molar-refractivity contribution in [1.29, 1.82) is 0 Å². The van der Waals surface area contributed by atoms with Gasteiger partial charge in [-0.25, -0.2) is 0 Å². The van der Waals surface area contributed by atoms with Crippen LogP contribution in [0.5, 0.6) is 0 Å². The Balaban J connectivity index is 0.948. The van der Waals surface area contributed by atoms with E-state index in [0.717, 1.165) is 61.3 Å². The maximum Gasteiger partial charge on any atom is 0.143 e. The molecule has 0 spiro atoms. The number of hydrogen-bond acceptors (Lipinski definition) is 2. The summed E-state index contributed by atoms with van der Waals surface area (Å²) < 4.78 is 6.45. The number of hydrogen-bond donors (Lipinski definition) is 0. The summed E-state index contributed by atoms with van der Waals surface area (Å²) in [6.45, 7) is 0. The predicted molar refractivity (Wildman–Crippen MR) is 261 cm³/mol. The molecule has 2 heteroatoms. The van der Waals surface area contributed by atoms with Gasteiger partial charge in [0.15, 0.2) is 0 Å². The van der Waals surface area contributed by atoms with Gasteiger partial charge in [0.05, 0.1) is 0 Å². The molecule has 0 aliphatic rings. The summed E-state index contributed by atoms with van der Waals surface area (Å²) in [6.07, 6.45) is 0. The highest BCUT2D eigenvalue weighted by Gasteiger charge is 2.16. The van der Waals surface area contributed by atoms with Gasteiger partial charge in [0, 0.05) is 33.4 Å². The smallest absolute Gasteiger partial charge is 0.143 e. The zero-order chi connectivity index (χ0) is 41.2. The summed E-state index contributed by atoms with van der Waals surface area (Å²) >= 11 is 0. The molecular weight excluding hydrogens is 751 g/mol. The lowest BCUT2D eigenvalue weighted by Gasteiger charge is -2.26. The Morgan fingerprint density at radius 2 is 0.629 bits per heavy atom. The van der Waals surface area contributed by atoms with E-state index in [9.17, 15) is 0 Å². The molecule has 292 valence electrons. The predicted octanol–water partition coefficient (Wildman–Crippen LogP) is 17.1. The SMILES string of the molecule is c1ccc(-c2ccc(-c3ccc(N(c4ccc(-c5ccc(-c6ccccc6)cc5)cc4)c4cccc(-c5cccc(-c6cccc7c6oc6ccccc67)c5)c4)cc3)cc2)cc1. The van der Waals surface area contributed by atoms with Crippen molar-refractivity contribution in [3.63, 3.8) is 0 Å². The fraction of sp³-hybridized carbons (Fsp3) is 0. The first-order chi connectivity index (χ1) is 30.7. The van der Waals surface area contributed by atoms with Crippen molar-refractivity contribution in [3.05, 3.63) is 249 Å². The number of anilines is 3. The third-order valence-corrected chi connectivity index (χ3v) is 11.9. The molecule has 0 N–H and O–H groups in total. The van der Waals surface area contributed by atoms with Gasteiger partial charge in [-0.1, -0.05) is 200 Å². The molecule has 10 aromatic carbocycles. The van der Waals surface area contributed by atoms with Crippen molar-refractivity contribution >= 4 is 39.0 Å². The van der Waals surface area contributed by atoms with E-state index in [1.807, 2.05) is 12.1 Å². The van der Waals surface area contributed by atoms with Crippen LogP contribution in [0.15, 0.2) is 253 Å². The van der Waals surface area contributed by atoms with Gasteiger partial charge in [0.25, 0.3) is 0 Å². The van der Waals surface area contributed by atoms with E-state index in [2.05, 4.69) is 241 Å². The van der Waals surface area contributed by atoms with Gasteiger partial charge >= 0.3 is 0 Å². The second-order valence-electron chi connectivity index (χ2n) is 15.7. The molecule has 0 unspecified atom stereocenters. The Kier molecular flexibility index (Phi) is 9.57. The standard InChI is InChI=1S/C60H41NO/c1-3-12-42(13-4-1)44-24-28-46(29-25-44)48-32-36-53(37-33-48)61(54-38-34-49(35-39-54)47-30-26-45(27-31-47)43-14-5-2-6-15-43)55-19-10-17-51(41-55)50-16-9-18-52(40-50)56-21-11-22-58-57-20-7-8-23-59(57)62-60(56)58/h1-41H. The van der Waals surface area contributed by atoms with Crippen molar-refractivity contribution in [1.82, 2.24) is 0 Å². The number of fused-ring (bicyclic) bond motifs is 3. The van der Waals surface area contributed by atoms with E-state index in [0.29, 0.717) is 0 Å². The first kappa shape index (κ1) is 36.8. The lowest BCUT2D eigenvalue weighted by molar-refractivity contribution is 0.670. The molecule has 62 heavy (non-hydrogen) atoms. The van der Waals surface area contributed by atoms with Gasteiger partial charge in [-0.05, 0) is 110 Å². The highest BCUT2D eigenvalue weighted by atomic mass is 16.3. The monoisotopic (exact) mass is 791 g/mol. The van der Waals surface area contributed by atoms with Crippen molar-refractivity contribution in [3.8, 4) is 66.8 Å². The summed E-state index contributed by atoms with van der Waals surface area (Å²) in [5.41, 5.74) is 19.1. The second kappa shape index (κ2) is 16.1. The Morgan fingerprint density at radius 1 is 0.242 bits per heavy atom. The minimum Gasteiger partial charge on any atom is -0.455 e. The molecule has 0 amide bonds. The first-order valence-electron chi connectivity index (χ1n) is 21.2. The molecule has 0 radical (unpaired) electrons. The van der Waals surface area contributed by atoms with Crippen LogP contribution in [-0.4, -0.2) is 0 Å². The van der Waals surface area contributed by atoms with Gasteiger partial charge in [-0.3, -0.25) is 0 Å². The zero-order valence-electron chi connectivity index (χ0n) is 34.0. The molecule has 1 heterocycles. The quantitative estimate of drug-likeness (QED) is 0.145. The van der Waals surface area contributed by atoms with Crippen LogP contribution in [0.2, 0.25) is 0 Å². The lowest BCUT2D eigenvalue weighted by atomic mass is 9.97. The van der Waals surface area contributed by atoms with Crippen molar-refractivity contribution in [2.75, 3.05) is 4.90 Å². The van der Waals surface area contributed by atoms with E-state index < -0.39 is 0 Å². The molecule has 0 atom stereocenters. The van der Waals surface area contributed by atoms with E-state index in [-0.39, 0.29) is 0 Å². The van der Waals surface area contributed by atoms with Crippen molar-refractivity contribution in [2.45, 2.75) is 0 Å². The zero-order valence-corrected chi connectivity index (χ0v) is 34.0. The molecular formula is C60H41NO. The topological polar surface area (TPSA) is 16.4 Å². The van der Waals surface area contributed by atoms with E-state index in [4.69, 9.17) is 4.42 Å². The number of nitrogens with zero attached hydrogens (tertiary/aromatic N) is 1. The molecule has 11 rings (SSSR count). The Labute approximate surface area is 362 Å². The maximum atomic E-state index is 6.45. The number of rotatable bonds is 9. The molecule has 0 aliphatic heterocycles. The third-order valence-electron chi connectivity index (χ3n) is 11.9. The normalized spacial score (nSPS) is 11.2. The summed E-state index contributed by atoms with van der Waals surface area (Å²) in [7, 11) is 0. The molecule has 2 nitrogen and oxygen atoms in total. The summed E-state index contributed by atoms with van der Waals surface area (Å²) in [5.74, 6) is 0. The fourth-order valence-corrected chi connectivity index (χ4v) is 8.69. The van der Waals surface area contributed by atoms with Gasteiger partial charge in [-0.15, -0.1) is 0 Å². The second-order valence-corrected chi connectivity index (χ2v) is 15.7. The minimum atomic E-state index is 0.905. The average Bonchev–Trinajstić information content (AvgIpc) is 3.75. The Bertz CT molecular complexity index is 3170. The first-order valence-corrected chi connectivity index (χ1v) is 21.2. The molecule has 1 aromatic heterocycles. The highest BCUT2D eigenvalue weighted by Crippen LogP contribution is 2.41. The van der Waals surface area contributed by atoms with Crippen molar-refractivity contribution < 1.29 is 4.42 Å². The highest BCUT2D eigenvalue weighted by molar-refractivity contribution is 6.09. The van der Waals surface area contributed by atoms with Gasteiger partial charge in [-0.2, -0.15) is 0 Å². The van der Waals surface area contributed by atoms with Crippen molar-refractivity contribution in [2.24, 2.45) is 0 Å². The molecule has 11 aromatic rings. The molecule has 0 bridgehead atoms. The van der Waals surface area contributed by atoms with E-state index in [1.165, 1.54) is 44.5 Å². The molecule has 0 aliphatic carbocycles. The summed E-state index contributed by atoms with van der Waals surface area (Å²) in [4.78, 5) is 2.35. The van der Waals surface area contributed by atoms with Crippen LogP contribution in [0.1, 0.15) is 0 Å². The van der Waals surface area contributed by atoms with E-state index >= 15 is 0 Å².